The summed E-state index contributed by atoms with van der Waals surface area (Å²) in [7, 11) is 0. The van der Waals surface area contributed by atoms with Crippen molar-refractivity contribution in [2.75, 3.05) is 0 Å². The van der Waals surface area contributed by atoms with Gasteiger partial charge in [0.25, 0.3) is 0 Å². The van der Waals surface area contributed by atoms with Crippen LogP contribution >= 0.6 is 57.2 Å². The number of rotatable bonds is 13. The quantitative estimate of drug-likeness (QED) is 0.232. The van der Waals surface area contributed by atoms with Crippen molar-refractivity contribution < 1.29 is 0 Å². The molecule has 0 amide bonds. The van der Waals surface area contributed by atoms with Crippen LogP contribution in [0.25, 0.3) is 0 Å². The Bertz CT molecular complexity index is 767. The molecule has 0 unspecified atom stereocenters. The number of pyridine rings is 2. The van der Waals surface area contributed by atoms with Gasteiger partial charge in [0.2, 0.25) is 0 Å². The third kappa shape index (κ3) is 11.7. The molecule has 0 aromatic carbocycles. The molecule has 0 aliphatic carbocycles. The first-order chi connectivity index (χ1) is 13.6. The fourth-order valence-electron chi connectivity index (χ4n) is 3.38. The molecule has 0 aliphatic rings. The predicted octanol–water partition coefficient (Wildman–Crippen LogP) is 7.31. The normalized spacial score (nSPS) is 10.3. The second kappa shape index (κ2) is 17.0. The van der Waals surface area contributed by atoms with Crippen LogP contribution in [0.15, 0.2) is 36.7 Å². The molecule has 0 bridgehead atoms. The van der Waals surface area contributed by atoms with E-state index in [1.807, 2.05) is 21.5 Å². The summed E-state index contributed by atoms with van der Waals surface area (Å²) in [5, 5.41) is 17.1. The fourth-order valence-corrected chi connectivity index (χ4v) is 3.74. The zero-order valence-corrected chi connectivity index (χ0v) is 22.4. The van der Waals surface area contributed by atoms with Crippen LogP contribution in [-0.2, 0) is 13.1 Å². The highest BCUT2D eigenvalue weighted by Crippen LogP contribution is 2.12. The maximum atomic E-state index is 7.86. The first kappa shape index (κ1) is 29.4. The first-order valence-electron chi connectivity index (χ1n) is 10.4. The summed E-state index contributed by atoms with van der Waals surface area (Å²) in [6, 6.07) is 7.04. The van der Waals surface area contributed by atoms with Crippen LogP contribution in [0.4, 0.5) is 0 Å². The Morgan fingerprint density at radius 2 is 0.833 bits per heavy atom. The van der Waals surface area contributed by atoms with Gasteiger partial charge in [0.1, 0.15) is 11.0 Å². The third-order valence-corrected chi connectivity index (χ3v) is 5.47. The smallest absolute Gasteiger partial charge is 0.124 e. The molecule has 0 aliphatic heterocycles. The van der Waals surface area contributed by atoms with Crippen LogP contribution < -0.4 is 11.0 Å². The maximum Gasteiger partial charge on any atom is 0.124 e. The van der Waals surface area contributed by atoms with Gasteiger partial charge in [-0.15, -0.1) is 34.0 Å². The van der Waals surface area contributed by atoms with Crippen molar-refractivity contribution in [1.82, 2.24) is 9.13 Å². The van der Waals surface area contributed by atoms with Crippen LogP contribution in [0.2, 0.25) is 10.0 Å². The molecular formula is C22H34Br2Cl2N4. The van der Waals surface area contributed by atoms with E-state index in [1.54, 1.807) is 24.3 Å². The lowest BCUT2D eigenvalue weighted by atomic mass is 10.1. The number of hydrogen-bond acceptors (Lipinski definition) is 2. The van der Waals surface area contributed by atoms with Crippen LogP contribution in [-0.4, -0.2) is 9.13 Å². The number of aromatic nitrogens is 2. The Labute approximate surface area is 211 Å². The van der Waals surface area contributed by atoms with Crippen molar-refractivity contribution in [3.8, 4) is 0 Å². The zero-order chi connectivity index (χ0) is 20.2. The molecule has 0 radical (unpaired) electrons. The minimum absolute atomic E-state index is 0. The average molecular weight is 585 g/mol. The first-order valence-corrected chi connectivity index (χ1v) is 11.1. The predicted molar refractivity (Wildman–Crippen MR) is 137 cm³/mol. The molecule has 2 aromatic rings. The largest absolute Gasteiger partial charge is 0.332 e. The maximum absolute atomic E-state index is 7.86. The summed E-state index contributed by atoms with van der Waals surface area (Å²) >= 11 is 12.0. The Morgan fingerprint density at radius 1 is 0.533 bits per heavy atom. The van der Waals surface area contributed by atoms with Crippen molar-refractivity contribution >= 4 is 57.2 Å². The molecule has 170 valence electrons. The number of aryl methyl sites for hydroxylation is 2. The van der Waals surface area contributed by atoms with E-state index in [9.17, 15) is 0 Å². The van der Waals surface area contributed by atoms with Gasteiger partial charge < -0.3 is 9.13 Å². The van der Waals surface area contributed by atoms with Crippen LogP contribution in [0.3, 0.4) is 0 Å². The SMILES string of the molecule is Br.Br.N=c1ccc(Cl)cn1CCCCCCCCCCCCn1cc(Cl)ccc1=N. The Morgan fingerprint density at radius 3 is 1.17 bits per heavy atom. The molecular weight excluding hydrogens is 551 g/mol. The van der Waals surface area contributed by atoms with E-state index in [2.05, 4.69) is 0 Å². The Balaban J connectivity index is 0.00000420. The topological polar surface area (TPSA) is 57.6 Å². The molecule has 0 spiro atoms. The molecule has 2 heterocycles. The average Bonchev–Trinajstić information content (AvgIpc) is 2.67. The lowest BCUT2D eigenvalue weighted by molar-refractivity contribution is 0.514. The monoisotopic (exact) mass is 582 g/mol. The fraction of sp³-hybridized carbons (Fsp3) is 0.545. The summed E-state index contributed by atoms with van der Waals surface area (Å²) in [6.45, 7) is 1.76. The van der Waals surface area contributed by atoms with Crippen molar-refractivity contribution in [3.05, 3.63) is 57.7 Å². The van der Waals surface area contributed by atoms with Crippen molar-refractivity contribution in [2.45, 2.75) is 77.3 Å². The zero-order valence-electron chi connectivity index (χ0n) is 17.4. The lowest BCUT2D eigenvalue weighted by Crippen LogP contribution is -2.18. The molecule has 8 heteroatoms. The summed E-state index contributed by atoms with van der Waals surface area (Å²) in [5.74, 6) is 0. The summed E-state index contributed by atoms with van der Waals surface area (Å²) in [6.07, 6.45) is 16.1. The van der Waals surface area contributed by atoms with Crippen molar-refractivity contribution in [1.29, 1.82) is 10.8 Å². The van der Waals surface area contributed by atoms with Gasteiger partial charge in [-0.2, -0.15) is 0 Å². The molecule has 4 nitrogen and oxygen atoms in total. The third-order valence-electron chi connectivity index (χ3n) is 5.03. The summed E-state index contributed by atoms with van der Waals surface area (Å²) < 4.78 is 3.85. The van der Waals surface area contributed by atoms with Gasteiger partial charge in [0.15, 0.2) is 0 Å². The molecule has 0 fully saturated rings. The molecule has 30 heavy (non-hydrogen) atoms. The van der Waals surface area contributed by atoms with Crippen LogP contribution in [0.5, 0.6) is 0 Å². The summed E-state index contributed by atoms with van der Waals surface area (Å²) in [4.78, 5) is 0. The second-order valence-electron chi connectivity index (χ2n) is 7.39. The second-order valence-corrected chi connectivity index (χ2v) is 8.26. The van der Waals surface area contributed by atoms with E-state index in [0.717, 1.165) is 25.9 Å². The molecule has 2 N–H and O–H groups in total. The van der Waals surface area contributed by atoms with Crippen LogP contribution in [0.1, 0.15) is 64.2 Å². The highest BCUT2D eigenvalue weighted by molar-refractivity contribution is 8.93. The minimum atomic E-state index is 0. The van der Waals surface area contributed by atoms with Gasteiger partial charge >= 0.3 is 0 Å². The molecule has 2 rings (SSSR count). The molecule has 0 saturated carbocycles. The Hall–Kier alpha value is -0.560. The highest BCUT2D eigenvalue weighted by Gasteiger charge is 1.98. The van der Waals surface area contributed by atoms with Crippen molar-refractivity contribution in [3.63, 3.8) is 0 Å². The van der Waals surface area contributed by atoms with Crippen molar-refractivity contribution in [2.24, 2.45) is 0 Å². The number of nitrogens with zero attached hydrogens (tertiary/aromatic N) is 2. The molecule has 2 aromatic heterocycles. The van der Waals surface area contributed by atoms with Gasteiger partial charge in [0.05, 0.1) is 10.0 Å². The molecule has 0 saturated heterocycles. The number of halogens is 4. The summed E-state index contributed by atoms with van der Waals surface area (Å²) in [5.41, 5.74) is 1.05. The van der Waals surface area contributed by atoms with Gasteiger partial charge in [-0.05, 0) is 37.1 Å². The standard InChI is InChI=1S/C22H32Cl2N4.2BrH/c23-19-11-13-21(25)27(17-19)15-9-7-5-3-1-2-4-6-8-10-16-28-18-20(24)12-14-22(28)26;;/h11-14,17-18,25-26H,1-10,15-16H2;2*1H. The van der Waals surface area contributed by atoms with Gasteiger partial charge in [-0.3, -0.25) is 10.8 Å². The van der Waals surface area contributed by atoms with Gasteiger partial charge in [-0.25, -0.2) is 0 Å². The van der Waals surface area contributed by atoms with E-state index >= 15 is 0 Å². The van der Waals surface area contributed by atoms with E-state index in [4.69, 9.17) is 34.0 Å². The van der Waals surface area contributed by atoms with E-state index in [-0.39, 0.29) is 34.0 Å². The number of hydrogen-bond donors (Lipinski definition) is 2. The highest BCUT2D eigenvalue weighted by atomic mass is 79.9. The lowest BCUT2D eigenvalue weighted by Gasteiger charge is -2.08. The van der Waals surface area contributed by atoms with Gasteiger partial charge in [0, 0.05) is 25.5 Å². The van der Waals surface area contributed by atoms with E-state index in [1.165, 1.54) is 51.4 Å². The van der Waals surface area contributed by atoms with E-state index < -0.39 is 0 Å². The van der Waals surface area contributed by atoms with Crippen LogP contribution in [0, 0.1) is 10.8 Å². The van der Waals surface area contributed by atoms with E-state index in [0.29, 0.717) is 21.0 Å². The Kier molecular flexibility index (Phi) is 16.7. The van der Waals surface area contributed by atoms with Gasteiger partial charge in [-0.1, -0.05) is 74.6 Å². The number of unbranched alkanes of at least 4 members (excludes halogenated alkanes) is 9. The minimum Gasteiger partial charge on any atom is -0.332 e. The number of nitrogens with one attached hydrogen (secondary N) is 2. The molecule has 0 atom stereocenters.